The van der Waals surface area contributed by atoms with E-state index >= 15 is 0 Å². The van der Waals surface area contributed by atoms with E-state index in [4.69, 9.17) is 18.2 Å². The number of hydrazone groups is 1. The molecule has 0 saturated carbocycles. The summed E-state index contributed by atoms with van der Waals surface area (Å²) in [5, 5.41) is 15.2. The Morgan fingerprint density at radius 1 is 1.40 bits per heavy atom. The van der Waals surface area contributed by atoms with Crippen LogP contribution in [0.4, 0.5) is 11.4 Å². The van der Waals surface area contributed by atoms with E-state index < -0.39 is 16.7 Å². The van der Waals surface area contributed by atoms with Crippen molar-refractivity contribution in [3.63, 3.8) is 0 Å². The van der Waals surface area contributed by atoms with Gasteiger partial charge in [0, 0.05) is 17.6 Å². The number of imide groups is 1. The normalized spacial score (nSPS) is 16.2. The predicted octanol–water partition coefficient (Wildman–Crippen LogP) is 2.60. The molecule has 1 aliphatic rings. The van der Waals surface area contributed by atoms with Crippen LogP contribution in [0.1, 0.15) is 13.8 Å². The summed E-state index contributed by atoms with van der Waals surface area (Å²) in [6.45, 7) is 10.2. The van der Waals surface area contributed by atoms with Crippen LogP contribution in [0.3, 0.4) is 0 Å². The first-order valence-electron chi connectivity index (χ1n) is 7.04. The van der Waals surface area contributed by atoms with E-state index in [9.17, 15) is 19.7 Å². The summed E-state index contributed by atoms with van der Waals surface area (Å²) in [5.41, 5.74) is 1.88. The smallest absolute Gasteiger partial charge is 0.283 e. The molecule has 0 spiro atoms. The van der Waals surface area contributed by atoms with Crippen LogP contribution < -0.4 is 5.43 Å². The van der Waals surface area contributed by atoms with Crippen molar-refractivity contribution in [1.82, 2.24) is 4.90 Å². The maximum absolute atomic E-state index is 12.4. The average molecular weight is 362 g/mol. The van der Waals surface area contributed by atoms with Gasteiger partial charge in [0.15, 0.2) is 0 Å². The number of nitrogens with one attached hydrogen (secondary N) is 1. The largest absolute Gasteiger partial charge is 0.295 e. The molecule has 0 unspecified atom stereocenters. The molecule has 0 radical (unpaired) electrons. The molecule has 2 amide bonds. The van der Waals surface area contributed by atoms with Crippen molar-refractivity contribution in [3.8, 4) is 0 Å². The fourth-order valence-electron chi connectivity index (χ4n) is 2.20. The van der Waals surface area contributed by atoms with Gasteiger partial charge in [-0.3, -0.25) is 30.0 Å². The summed E-state index contributed by atoms with van der Waals surface area (Å²) in [7, 11) is 0. The number of nitrogens with zero attached hydrogens (tertiary/aromatic N) is 4. The Morgan fingerprint density at radius 2 is 2.08 bits per heavy atom. The van der Waals surface area contributed by atoms with E-state index in [2.05, 4.69) is 15.4 Å². The van der Waals surface area contributed by atoms with Gasteiger partial charge in [0.1, 0.15) is 11.4 Å². The van der Waals surface area contributed by atoms with Crippen LogP contribution in [0, 0.1) is 16.7 Å². The molecule has 1 aromatic rings. The molecule has 128 valence electrons. The van der Waals surface area contributed by atoms with Gasteiger partial charge in [-0.05, 0) is 31.6 Å². The van der Waals surface area contributed by atoms with Gasteiger partial charge in [0.2, 0.25) is 0 Å². The minimum Gasteiger partial charge on any atom is -0.283 e. The number of amides is 2. The molecule has 0 aromatic heterocycles. The molecule has 1 aromatic carbocycles. The van der Waals surface area contributed by atoms with Crippen LogP contribution in [0.25, 0.3) is 4.85 Å². The van der Waals surface area contributed by atoms with E-state index in [0.717, 1.165) is 11.0 Å². The lowest BCUT2D eigenvalue weighted by Gasteiger charge is -2.25. The highest BCUT2D eigenvalue weighted by molar-refractivity contribution is 6.50. The van der Waals surface area contributed by atoms with Gasteiger partial charge in [-0.1, -0.05) is 11.6 Å². The molecule has 0 aliphatic carbocycles. The molecule has 0 atom stereocenters. The molecule has 0 bridgehead atoms. The highest BCUT2D eigenvalue weighted by Gasteiger charge is 2.36. The lowest BCUT2D eigenvalue weighted by molar-refractivity contribution is -0.383. The third-order valence-electron chi connectivity index (χ3n) is 3.48. The minimum atomic E-state index is -0.684. The van der Waals surface area contributed by atoms with Crippen LogP contribution in [-0.4, -0.2) is 33.9 Å². The summed E-state index contributed by atoms with van der Waals surface area (Å²) in [4.78, 5) is 38.9. The zero-order valence-electron chi connectivity index (χ0n) is 13.2. The summed E-state index contributed by atoms with van der Waals surface area (Å²) in [6.07, 6.45) is 0. The topological polar surface area (TPSA) is 109 Å². The third kappa shape index (κ3) is 3.34. The first-order valence-corrected chi connectivity index (χ1v) is 7.42. The molecule has 0 fully saturated rings. The van der Waals surface area contributed by atoms with Crippen molar-refractivity contribution in [2.45, 2.75) is 13.8 Å². The van der Waals surface area contributed by atoms with Gasteiger partial charge in [-0.15, -0.1) is 0 Å². The molecule has 1 aliphatic heterocycles. The summed E-state index contributed by atoms with van der Waals surface area (Å²) < 4.78 is 0. The van der Waals surface area contributed by atoms with E-state index in [1.807, 2.05) is 0 Å². The van der Waals surface area contributed by atoms with Crippen LogP contribution in [0.2, 0.25) is 5.02 Å². The number of rotatable bonds is 4. The van der Waals surface area contributed by atoms with Crippen molar-refractivity contribution >= 4 is 40.5 Å². The summed E-state index contributed by atoms with van der Waals surface area (Å²) >= 11 is 5.74. The number of hydrogen-bond acceptors (Lipinski definition) is 6. The van der Waals surface area contributed by atoms with Crippen molar-refractivity contribution < 1.29 is 14.5 Å². The van der Waals surface area contributed by atoms with Gasteiger partial charge in [-0.25, -0.2) is 4.85 Å². The first-order chi connectivity index (χ1) is 11.8. The average Bonchev–Trinajstić information content (AvgIpc) is 2.56. The third-order valence-corrected chi connectivity index (χ3v) is 3.71. The van der Waals surface area contributed by atoms with Gasteiger partial charge < -0.3 is 0 Å². The second-order valence-corrected chi connectivity index (χ2v) is 5.37. The van der Waals surface area contributed by atoms with Gasteiger partial charge in [0.05, 0.1) is 11.5 Å². The van der Waals surface area contributed by atoms with E-state index in [-0.39, 0.29) is 39.9 Å². The summed E-state index contributed by atoms with van der Waals surface area (Å²) in [5.74, 6) is -1.36. The predicted molar refractivity (Wildman–Crippen MR) is 90.9 cm³/mol. The standard InChI is InChI=1S/C15H12ClN5O4/c1-4-20-14(22)12(17-3)8(2)13(15(20)23)19-18-10-6-5-9(16)7-11(10)21(24)25/h5-7,18H,4H2,1-2H3/b19-13-. The van der Waals surface area contributed by atoms with Crippen molar-refractivity contribution in [1.29, 1.82) is 0 Å². The zero-order chi connectivity index (χ0) is 18.7. The fraction of sp³-hybridized carbons (Fsp3) is 0.200. The van der Waals surface area contributed by atoms with Crippen LogP contribution in [-0.2, 0) is 9.59 Å². The number of nitro benzene ring substituents is 1. The lowest BCUT2D eigenvalue weighted by Crippen LogP contribution is -2.46. The van der Waals surface area contributed by atoms with Crippen molar-refractivity contribution in [2.75, 3.05) is 12.0 Å². The lowest BCUT2D eigenvalue weighted by atomic mass is 10.0. The highest BCUT2D eigenvalue weighted by Crippen LogP contribution is 2.28. The zero-order valence-corrected chi connectivity index (χ0v) is 14.0. The second-order valence-electron chi connectivity index (χ2n) is 4.93. The number of carbonyl (C=O) groups is 2. The van der Waals surface area contributed by atoms with Gasteiger partial charge >= 0.3 is 0 Å². The van der Waals surface area contributed by atoms with Crippen LogP contribution in [0.15, 0.2) is 34.6 Å². The quantitative estimate of drug-likeness (QED) is 0.383. The molecule has 9 nitrogen and oxygen atoms in total. The molecule has 2 rings (SSSR count). The maximum atomic E-state index is 12.4. The first kappa shape index (κ1) is 18.1. The number of benzene rings is 1. The molecule has 25 heavy (non-hydrogen) atoms. The fourth-order valence-corrected chi connectivity index (χ4v) is 2.36. The van der Waals surface area contributed by atoms with E-state index in [1.165, 1.54) is 19.1 Å². The Kier molecular flexibility index (Phi) is 5.14. The van der Waals surface area contributed by atoms with Crippen LogP contribution >= 0.6 is 11.6 Å². The number of nitro groups is 1. The number of likely N-dealkylation sites (N-methyl/N-ethyl adjacent to an activating group) is 1. The highest BCUT2D eigenvalue weighted by atomic mass is 35.5. The van der Waals surface area contributed by atoms with Crippen LogP contribution in [0.5, 0.6) is 0 Å². The monoisotopic (exact) mass is 361 g/mol. The van der Waals surface area contributed by atoms with Gasteiger partial charge in [-0.2, -0.15) is 5.10 Å². The SMILES string of the molecule is [C-]#[N+]C1=C(C)/C(=N/Nc2ccc(Cl)cc2[N+](=O)[O-])C(=O)N(CC)C1=O. The minimum absolute atomic E-state index is 0.0202. The van der Waals surface area contributed by atoms with Crippen molar-refractivity contribution in [2.24, 2.45) is 5.10 Å². The Labute approximate surface area is 147 Å². The molecule has 1 heterocycles. The molecular formula is C15H12ClN5O4. The van der Waals surface area contributed by atoms with Gasteiger partial charge in [0.25, 0.3) is 23.2 Å². The number of carbonyl (C=O) groups excluding carboxylic acids is 2. The molecule has 1 N–H and O–H groups in total. The second kappa shape index (κ2) is 7.11. The maximum Gasteiger partial charge on any atom is 0.295 e. The van der Waals surface area contributed by atoms with E-state index in [0.29, 0.717) is 0 Å². The Balaban J connectivity index is 2.49. The summed E-state index contributed by atoms with van der Waals surface area (Å²) in [6, 6.07) is 3.91. The Hall–Kier alpha value is -3.25. The van der Waals surface area contributed by atoms with Crippen molar-refractivity contribution in [3.05, 3.63) is 56.0 Å². The van der Waals surface area contributed by atoms with E-state index in [1.54, 1.807) is 6.92 Å². The number of hydrogen-bond donors (Lipinski definition) is 1. The molecule has 0 saturated heterocycles. The molecular weight excluding hydrogens is 350 g/mol. The Bertz CT molecular complexity index is 884. The molecule has 10 heteroatoms. The number of halogens is 1. The number of anilines is 1. The Morgan fingerprint density at radius 3 is 2.64 bits per heavy atom.